The van der Waals surface area contributed by atoms with Gasteiger partial charge in [0.2, 0.25) is 0 Å². The molecule has 1 aromatic carbocycles. The Morgan fingerprint density at radius 2 is 2.00 bits per heavy atom. The molecular weight excluding hydrogens is 261 g/mol. The van der Waals surface area contributed by atoms with E-state index >= 15 is 0 Å². The number of nitrogens with one attached hydrogen (secondary N) is 2. The molecule has 0 aliphatic carbocycles. The van der Waals surface area contributed by atoms with Crippen LogP contribution in [0, 0.1) is 0 Å². The molecule has 1 atom stereocenters. The Labute approximate surface area is 108 Å². The average Bonchev–Trinajstić information content (AvgIpc) is 2.28. The first-order valence-electron chi connectivity index (χ1n) is 5.69. The van der Waals surface area contributed by atoms with Crippen molar-refractivity contribution in [2.75, 3.05) is 11.9 Å². The number of amides is 2. The van der Waals surface area contributed by atoms with Gasteiger partial charge in [-0.1, -0.05) is 12.1 Å². The van der Waals surface area contributed by atoms with Gasteiger partial charge in [0, 0.05) is 12.6 Å². The predicted molar refractivity (Wildman–Crippen MR) is 64.8 cm³/mol. The molecule has 1 aromatic rings. The van der Waals surface area contributed by atoms with Gasteiger partial charge in [0.25, 0.3) is 0 Å². The maximum absolute atomic E-state index is 12.7. The zero-order chi connectivity index (χ0) is 14.5. The van der Waals surface area contributed by atoms with Crippen molar-refractivity contribution in [3.8, 4) is 0 Å². The number of carbonyl (C=O) groups excluding carboxylic acids is 1. The van der Waals surface area contributed by atoms with Gasteiger partial charge in [-0.2, -0.15) is 13.2 Å². The Kier molecular flexibility index (Phi) is 5.17. The number of anilines is 1. The van der Waals surface area contributed by atoms with Crippen LogP contribution >= 0.6 is 0 Å². The highest BCUT2D eigenvalue weighted by molar-refractivity contribution is 5.90. The minimum atomic E-state index is -4.53. The highest BCUT2D eigenvalue weighted by Gasteiger charge is 2.33. The fourth-order valence-electron chi connectivity index (χ4n) is 1.49. The van der Waals surface area contributed by atoms with Crippen molar-refractivity contribution >= 4 is 11.7 Å². The van der Waals surface area contributed by atoms with Crippen molar-refractivity contribution in [2.24, 2.45) is 0 Å². The lowest BCUT2D eigenvalue weighted by Gasteiger charge is -2.16. The first kappa shape index (κ1) is 15.3. The van der Waals surface area contributed by atoms with Crippen molar-refractivity contribution in [1.29, 1.82) is 0 Å². The zero-order valence-electron chi connectivity index (χ0n) is 10.3. The first-order valence-corrected chi connectivity index (χ1v) is 5.69. The molecule has 0 bridgehead atoms. The maximum Gasteiger partial charge on any atom is 0.418 e. The number of rotatable bonds is 4. The number of benzene rings is 1. The van der Waals surface area contributed by atoms with Gasteiger partial charge in [-0.25, -0.2) is 4.79 Å². The minimum Gasteiger partial charge on any atom is -0.396 e. The summed E-state index contributed by atoms with van der Waals surface area (Å²) in [6.07, 6.45) is -4.20. The number of hydrogen-bond acceptors (Lipinski definition) is 2. The lowest BCUT2D eigenvalue weighted by molar-refractivity contribution is -0.136. The third-order valence-corrected chi connectivity index (χ3v) is 2.42. The van der Waals surface area contributed by atoms with E-state index in [9.17, 15) is 18.0 Å². The molecule has 0 radical (unpaired) electrons. The minimum absolute atomic E-state index is 0.111. The van der Waals surface area contributed by atoms with E-state index in [4.69, 9.17) is 5.11 Å². The van der Waals surface area contributed by atoms with Crippen LogP contribution in [0.3, 0.4) is 0 Å². The van der Waals surface area contributed by atoms with Crippen molar-refractivity contribution in [1.82, 2.24) is 5.32 Å². The number of para-hydroxylation sites is 1. The van der Waals surface area contributed by atoms with Gasteiger partial charge < -0.3 is 15.7 Å². The summed E-state index contributed by atoms with van der Waals surface area (Å²) >= 11 is 0. The summed E-state index contributed by atoms with van der Waals surface area (Å²) < 4.78 is 38.0. The molecule has 7 heteroatoms. The highest BCUT2D eigenvalue weighted by Crippen LogP contribution is 2.34. The summed E-state index contributed by atoms with van der Waals surface area (Å²) in [6.45, 7) is 1.53. The van der Waals surface area contributed by atoms with E-state index in [-0.39, 0.29) is 18.3 Å². The molecule has 0 aliphatic heterocycles. The number of urea groups is 1. The number of carbonyl (C=O) groups is 1. The van der Waals surface area contributed by atoms with E-state index in [1.807, 2.05) is 0 Å². The van der Waals surface area contributed by atoms with Crippen LogP contribution in [-0.4, -0.2) is 23.8 Å². The van der Waals surface area contributed by atoms with Gasteiger partial charge >= 0.3 is 12.2 Å². The molecule has 1 rings (SSSR count). The number of halogens is 3. The van der Waals surface area contributed by atoms with Crippen LogP contribution in [-0.2, 0) is 6.18 Å². The van der Waals surface area contributed by atoms with Gasteiger partial charge in [0.05, 0.1) is 11.3 Å². The number of alkyl halides is 3. The molecule has 0 aliphatic rings. The Balaban J connectivity index is 2.75. The van der Waals surface area contributed by atoms with E-state index in [1.54, 1.807) is 6.92 Å². The van der Waals surface area contributed by atoms with E-state index < -0.39 is 17.8 Å². The number of hydrogen-bond donors (Lipinski definition) is 3. The fraction of sp³-hybridized carbons (Fsp3) is 0.417. The first-order chi connectivity index (χ1) is 8.84. The lowest BCUT2D eigenvalue weighted by atomic mass is 10.1. The molecular formula is C12H15F3N2O2. The molecule has 0 aromatic heterocycles. The summed E-state index contributed by atoms with van der Waals surface area (Å²) in [7, 11) is 0. The van der Waals surface area contributed by atoms with E-state index in [2.05, 4.69) is 10.6 Å². The molecule has 106 valence electrons. The number of aliphatic hydroxyl groups is 1. The second-order valence-electron chi connectivity index (χ2n) is 4.06. The second-order valence-corrected chi connectivity index (χ2v) is 4.06. The lowest BCUT2D eigenvalue weighted by Crippen LogP contribution is -2.37. The third kappa shape index (κ3) is 4.78. The smallest absolute Gasteiger partial charge is 0.396 e. The summed E-state index contributed by atoms with van der Waals surface area (Å²) in [5.74, 6) is 0. The molecule has 0 unspecified atom stereocenters. The van der Waals surface area contributed by atoms with Crippen molar-refractivity contribution in [3.05, 3.63) is 29.8 Å². The molecule has 0 fully saturated rings. The summed E-state index contributed by atoms with van der Waals surface area (Å²) in [5.41, 5.74) is -1.20. The normalized spacial score (nSPS) is 12.9. The maximum atomic E-state index is 12.7. The van der Waals surface area contributed by atoms with Gasteiger partial charge in [0.1, 0.15) is 0 Å². The standard InChI is InChI=1S/C12H15F3N2O2/c1-8(6-7-18)16-11(19)17-10-5-3-2-4-9(10)12(13,14)15/h2-5,8,18H,6-7H2,1H3,(H2,16,17,19)/t8-/m0/s1. The van der Waals surface area contributed by atoms with Crippen LogP contribution in [0.4, 0.5) is 23.7 Å². The van der Waals surface area contributed by atoms with Crippen LogP contribution in [0.25, 0.3) is 0 Å². The zero-order valence-corrected chi connectivity index (χ0v) is 10.3. The highest BCUT2D eigenvalue weighted by atomic mass is 19.4. The SMILES string of the molecule is C[C@@H](CCO)NC(=O)Nc1ccccc1C(F)(F)F. The molecule has 0 heterocycles. The molecule has 0 spiro atoms. The molecule has 19 heavy (non-hydrogen) atoms. The van der Waals surface area contributed by atoms with Gasteiger partial charge in [-0.05, 0) is 25.5 Å². The van der Waals surface area contributed by atoms with Crippen LogP contribution in [0.1, 0.15) is 18.9 Å². The van der Waals surface area contributed by atoms with Crippen LogP contribution in [0.15, 0.2) is 24.3 Å². The third-order valence-electron chi connectivity index (χ3n) is 2.42. The van der Waals surface area contributed by atoms with E-state index in [1.165, 1.54) is 18.2 Å². The molecule has 0 saturated carbocycles. The monoisotopic (exact) mass is 276 g/mol. The van der Waals surface area contributed by atoms with E-state index in [0.717, 1.165) is 6.07 Å². The van der Waals surface area contributed by atoms with Crippen molar-refractivity contribution in [2.45, 2.75) is 25.6 Å². The fourth-order valence-corrected chi connectivity index (χ4v) is 1.49. The Bertz CT molecular complexity index is 435. The van der Waals surface area contributed by atoms with Gasteiger partial charge in [0.15, 0.2) is 0 Å². The molecule has 0 saturated heterocycles. The summed E-state index contributed by atoms with van der Waals surface area (Å²) in [4.78, 5) is 11.5. The number of aliphatic hydroxyl groups excluding tert-OH is 1. The Morgan fingerprint density at radius 1 is 1.37 bits per heavy atom. The Hall–Kier alpha value is -1.76. The summed E-state index contributed by atoms with van der Waals surface area (Å²) in [5, 5.41) is 13.3. The average molecular weight is 276 g/mol. The predicted octanol–water partition coefficient (Wildman–Crippen LogP) is 2.60. The van der Waals surface area contributed by atoms with Gasteiger partial charge in [-0.3, -0.25) is 0 Å². The topological polar surface area (TPSA) is 61.4 Å². The van der Waals surface area contributed by atoms with Crippen LogP contribution in [0.5, 0.6) is 0 Å². The van der Waals surface area contributed by atoms with Crippen LogP contribution in [0.2, 0.25) is 0 Å². The van der Waals surface area contributed by atoms with Crippen molar-refractivity contribution < 1.29 is 23.1 Å². The van der Waals surface area contributed by atoms with E-state index in [0.29, 0.717) is 6.42 Å². The molecule has 2 amide bonds. The summed E-state index contributed by atoms with van der Waals surface area (Å²) in [6, 6.07) is 3.66. The molecule has 3 N–H and O–H groups in total. The molecule has 4 nitrogen and oxygen atoms in total. The van der Waals surface area contributed by atoms with Gasteiger partial charge in [-0.15, -0.1) is 0 Å². The van der Waals surface area contributed by atoms with Crippen molar-refractivity contribution in [3.63, 3.8) is 0 Å². The second kappa shape index (κ2) is 6.42. The Morgan fingerprint density at radius 3 is 2.58 bits per heavy atom. The van der Waals surface area contributed by atoms with Crippen LogP contribution < -0.4 is 10.6 Å². The largest absolute Gasteiger partial charge is 0.418 e. The quantitative estimate of drug-likeness (QED) is 0.791.